The number of anilines is 2. The van der Waals surface area contributed by atoms with Crippen molar-refractivity contribution in [2.24, 2.45) is 10.8 Å². The summed E-state index contributed by atoms with van der Waals surface area (Å²) in [6.07, 6.45) is 2.33. The molecule has 1 nitrogen and oxygen atoms in total. The molecule has 0 aromatic heterocycles. The fourth-order valence-electron chi connectivity index (χ4n) is 3.77. The van der Waals surface area contributed by atoms with Gasteiger partial charge in [-0.2, -0.15) is 0 Å². The molecule has 0 amide bonds. The molecule has 0 unspecified atom stereocenters. The molecule has 29 heavy (non-hydrogen) atoms. The summed E-state index contributed by atoms with van der Waals surface area (Å²) in [4.78, 5) is 0. The van der Waals surface area contributed by atoms with Crippen LogP contribution in [0.5, 0.6) is 0 Å². The molecule has 1 heteroatoms. The number of hydrogen-bond donors (Lipinski definition) is 1. The minimum Gasteiger partial charge on any atom is -0.356 e. The van der Waals surface area contributed by atoms with Crippen LogP contribution in [0.15, 0.2) is 48.5 Å². The molecule has 0 aliphatic heterocycles. The van der Waals surface area contributed by atoms with Crippen LogP contribution in [0.2, 0.25) is 0 Å². The van der Waals surface area contributed by atoms with Crippen molar-refractivity contribution in [3.8, 4) is 0 Å². The number of nitrogens with one attached hydrogen (secondary N) is 1. The van der Waals surface area contributed by atoms with Gasteiger partial charge < -0.3 is 5.32 Å². The molecular formula is C28H43N. The number of hydrogen-bond acceptors (Lipinski definition) is 1. The zero-order valence-electron chi connectivity index (χ0n) is 20.5. The predicted molar refractivity (Wildman–Crippen MR) is 130 cm³/mol. The molecule has 1 N–H and O–H groups in total. The lowest BCUT2D eigenvalue weighted by atomic mass is 9.63. The van der Waals surface area contributed by atoms with E-state index in [-0.39, 0.29) is 21.7 Å². The Labute approximate surface area is 180 Å². The van der Waals surface area contributed by atoms with Gasteiger partial charge in [0.1, 0.15) is 0 Å². The first-order chi connectivity index (χ1) is 13.3. The van der Waals surface area contributed by atoms with Gasteiger partial charge in [0.2, 0.25) is 0 Å². The third kappa shape index (κ3) is 4.55. The second-order valence-corrected chi connectivity index (χ2v) is 11.0. The van der Waals surface area contributed by atoms with Gasteiger partial charge in [-0.25, -0.2) is 0 Å². The predicted octanol–water partition coefficient (Wildman–Crippen LogP) is 8.86. The minimum atomic E-state index is 0.138. The summed E-state index contributed by atoms with van der Waals surface area (Å²) < 4.78 is 0. The summed E-state index contributed by atoms with van der Waals surface area (Å²) in [5.41, 5.74) is 5.87. The van der Waals surface area contributed by atoms with E-state index < -0.39 is 0 Å². The Morgan fingerprint density at radius 1 is 0.517 bits per heavy atom. The average molecular weight is 394 g/mol. The second kappa shape index (κ2) is 8.17. The topological polar surface area (TPSA) is 12.0 Å². The molecule has 2 aromatic rings. The van der Waals surface area contributed by atoms with E-state index in [1.54, 1.807) is 0 Å². The van der Waals surface area contributed by atoms with Crippen LogP contribution in [-0.2, 0) is 10.8 Å². The Morgan fingerprint density at radius 3 is 1.03 bits per heavy atom. The third-order valence-electron chi connectivity index (χ3n) is 8.65. The van der Waals surface area contributed by atoms with Crippen LogP contribution in [-0.4, -0.2) is 0 Å². The van der Waals surface area contributed by atoms with E-state index in [2.05, 4.69) is 123 Å². The summed E-state index contributed by atoms with van der Waals surface area (Å²) in [5, 5.41) is 3.57. The maximum Gasteiger partial charge on any atom is 0.0384 e. The molecule has 0 spiro atoms. The molecule has 0 fully saturated rings. The van der Waals surface area contributed by atoms with Gasteiger partial charge >= 0.3 is 0 Å². The van der Waals surface area contributed by atoms with Crippen LogP contribution in [0.1, 0.15) is 93.2 Å². The Bertz CT molecular complexity index is 720. The lowest BCUT2D eigenvalue weighted by Crippen LogP contribution is -2.36. The SMILES string of the molecule is CCC(C)(C)C(C)(C)c1ccc(Nc2ccc(C(C)(C)C(C)(C)CC)cc2)cc1. The van der Waals surface area contributed by atoms with Crippen molar-refractivity contribution in [2.75, 3.05) is 5.32 Å². The second-order valence-electron chi connectivity index (χ2n) is 11.0. The molecule has 2 aromatic carbocycles. The summed E-state index contributed by atoms with van der Waals surface area (Å²) in [6.45, 7) is 23.4. The third-order valence-corrected chi connectivity index (χ3v) is 8.65. The fourth-order valence-corrected chi connectivity index (χ4v) is 3.77. The Kier molecular flexibility index (Phi) is 6.62. The van der Waals surface area contributed by atoms with Gasteiger partial charge in [0.15, 0.2) is 0 Å². The van der Waals surface area contributed by atoms with Crippen molar-refractivity contribution in [3.05, 3.63) is 59.7 Å². The molecule has 0 aliphatic carbocycles. The van der Waals surface area contributed by atoms with Crippen molar-refractivity contribution in [1.29, 1.82) is 0 Å². The zero-order valence-corrected chi connectivity index (χ0v) is 20.5. The van der Waals surface area contributed by atoms with Crippen molar-refractivity contribution < 1.29 is 0 Å². The highest BCUT2D eigenvalue weighted by molar-refractivity contribution is 5.60. The van der Waals surface area contributed by atoms with Crippen LogP contribution >= 0.6 is 0 Å². The van der Waals surface area contributed by atoms with Gasteiger partial charge in [0, 0.05) is 11.4 Å². The average Bonchev–Trinajstić information content (AvgIpc) is 2.68. The van der Waals surface area contributed by atoms with Crippen molar-refractivity contribution in [2.45, 2.75) is 92.9 Å². The fraction of sp³-hybridized carbons (Fsp3) is 0.571. The van der Waals surface area contributed by atoms with Gasteiger partial charge in [-0.3, -0.25) is 0 Å². The molecule has 0 bridgehead atoms. The molecule has 0 atom stereocenters. The molecule has 0 heterocycles. The molecule has 2 rings (SSSR count). The molecule has 160 valence electrons. The molecular weight excluding hydrogens is 350 g/mol. The normalized spacial score (nSPS) is 13.4. The maximum absolute atomic E-state index is 3.57. The van der Waals surface area contributed by atoms with Gasteiger partial charge in [-0.05, 0) is 57.1 Å². The van der Waals surface area contributed by atoms with Crippen molar-refractivity contribution in [1.82, 2.24) is 0 Å². The Balaban J connectivity index is 2.18. The highest BCUT2D eigenvalue weighted by atomic mass is 14.9. The summed E-state index contributed by atoms with van der Waals surface area (Å²) >= 11 is 0. The van der Waals surface area contributed by atoms with Crippen molar-refractivity contribution in [3.63, 3.8) is 0 Å². The molecule has 0 radical (unpaired) electrons. The van der Waals surface area contributed by atoms with E-state index in [0.717, 1.165) is 24.2 Å². The van der Waals surface area contributed by atoms with Crippen LogP contribution in [0.25, 0.3) is 0 Å². The zero-order chi connectivity index (χ0) is 22.1. The molecule has 0 aliphatic rings. The number of rotatable bonds is 8. The summed E-state index contributed by atoms with van der Waals surface area (Å²) in [6, 6.07) is 18.0. The van der Waals surface area contributed by atoms with Crippen LogP contribution in [0.4, 0.5) is 11.4 Å². The standard InChI is InChI=1S/C28H43N/c1-11-25(3,4)27(7,8)21-13-17-23(18-14-21)29-24-19-15-22(16-20-24)28(9,10)26(5,6)12-2/h13-20,29H,11-12H2,1-10H3. The molecule has 0 saturated heterocycles. The molecule has 0 saturated carbocycles. The summed E-state index contributed by atoms with van der Waals surface area (Å²) in [5.74, 6) is 0. The van der Waals surface area contributed by atoms with E-state index in [4.69, 9.17) is 0 Å². The smallest absolute Gasteiger partial charge is 0.0384 e. The largest absolute Gasteiger partial charge is 0.356 e. The van der Waals surface area contributed by atoms with Gasteiger partial charge in [-0.1, -0.05) is 106 Å². The lowest BCUT2D eigenvalue weighted by Gasteiger charge is -2.42. The Morgan fingerprint density at radius 2 is 0.793 bits per heavy atom. The summed E-state index contributed by atoms with van der Waals surface area (Å²) in [7, 11) is 0. The van der Waals surface area contributed by atoms with E-state index in [9.17, 15) is 0 Å². The van der Waals surface area contributed by atoms with E-state index in [1.165, 1.54) is 11.1 Å². The quantitative estimate of drug-likeness (QED) is 0.472. The number of benzene rings is 2. The van der Waals surface area contributed by atoms with E-state index in [1.807, 2.05) is 0 Å². The monoisotopic (exact) mass is 393 g/mol. The minimum absolute atomic E-state index is 0.138. The van der Waals surface area contributed by atoms with Crippen LogP contribution < -0.4 is 5.32 Å². The van der Waals surface area contributed by atoms with E-state index in [0.29, 0.717) is 0 Å². The first-order valence-corrected chi connectivity index (χ1v) is 11.3. The first-order valence-electron chi connectivity index (χ1n) is 11.3. The van der Waals surface area contributed by atoms with Gasteiger partial charge in [0.25, 0.3) is 0 Å². The first kappa shape index (κ1) is 23.5. The lowest BCUT2D eigenvalue weighted by molar-refractivity contribution is 0.189. The van der Waals surface area contributed by atoms with Gasteiger partial charge in [0.05, 0.1) is 0 Å². The Hall–Kier alpha value is -1.76. The van der Waals surface area contributed by atoms with Crippen LogP contribution in [0, 0.1) is 10.8 Å². The van der Waals surface area contributed by atoms with Gasteiger partial charge in [-0.15, -0.1) is 0 Å². The van der Waals surface area contributed by atoms with E-state index >= 15 is 0 Å². The van der Waals surface area contributed by atoms with Crippen LogP contribution in [0.3, 0.4) is 0 Å². The maximum atomic E-state index is 3.57. The highest BCUT2D eigenvalue weighted by Crippen LogP contribution is 2.45. The van der Waals surface area contributed by atoms with Crippen molar-refractivity contribution >= 4 is 11.4 Å². The highest BCUT2D eigenvalue weighted by Gasteiger charge is 2.37.